The molecule has 1 atom stereocenters. The molecular weight excluding hydrogens is 471 g/mol. The summed E-state index contributed by atoms with van der Waals surface area (Å²) in [6, 6.07) is 8.18. The van der Waals surface area contributed by atoms with Gasteiger partial charge in [-0.25, -0.2) is 9.37 Å². The summed E-state index contributed by atoms with van der Waals surface area (Å²) in [6.45, 7) is 0.792. The second-order valence-electron chi connectivity index (χ2n) is 9.20. The van der Waals surface area contributed by atoms with E-state index >= 15 is 0 Å². The smallest absolute Gasteiger partial charge is 0.271 e. The third kappa shape index (κ3) is 4.78. The number of hydrogen-bond acceptors (Lipinski definition) is 5. The molecule has 2 N–H and O–H groups in total. The maximum atomic E-state index is 13.9. The molecule has 0 spiro atoms. The van der Waals surface area contributed by atoms with Crippen LogP contribution in [0.3, 0.4) is 0 Å². The lowest BCUT2D eigenvalue weighted by Crippen LogP contribution is -2.49. The maximum Gasteiger partial charge on any atom is 0.271 e. The highest BCUT2D eigenvalue weighted by molar-refractivity contribution is 6.33. The molecule has 0 bridgehead atoms. The van der Waals surface area contributed by atoms with E-state index in [0.717, 1.165) is 29.8 Å². The summed E-state index contributed by atoms with van der Waals surface area (Å²) >= 11 is 6.50. The number of hydrogen-bond donors (Lipinski definition) is 2. The molecule has 2 aromatic heterocycles. The van der Waals surface area contributed by atoms with Crippen molar-refractivity contribution in [2.45, 2.75) is 51.0 Å². The van der Waals surface area contributed by atoms with Gasteiger partial charge >= 0.3 is 0 Å². The SMILES string of the molecule is COCC1Cn2cc(-c3cc(NC4CCC4)ncc3Cl)cc2C(=O)N1Cc1cc(F)ccc1CO. The van der Waals surface area contributed by atoms with Crippen molar-refractivity contribution in [3.63, 3.8) is 0 Å². The second-order valence-corrected chi connectivity index (χ2v) is 9.61. The van der Waals surface area contributed by atoms with Gasteiger partial charge in [-0.05, 0) is 54.7 Å². The fraction of sp³-hybridized carbons (Fsp3) is 0.385. The van der Waals surface area contributed by atoms with Crippen molar-refractivity contribution < 1.29 is 19.0 Å². The topological polar surface area (TPSA) is 79.6 Å². The number of aliphatic hydroxyl groups is 1. The monoisotopic (exact) mass is 498 g/mol. The van der Waals surface area contributed by atoms with Crippen molar-refractivity contribution in [3.05, 3.63) is 70.4 Å². The molecule has 1 aliphatic carbocycles. The lowest BCUT2D eigenvalue weighted by Gasteiger charge is -2.36. The first-order valence-electron chi connectivity index (χ1n) is 11.8. The molecule has 3 heterocycles. The van der Waals surface area contributed by atoms with Crippen LogP contribution in [0.15, 0.2) is 42.7 Å². The van der Waals surface area contributed by atoms with Gasteiger partial charge < -0.3 is 24.6 Å². The number of amides is 1. The summed E-state index contributed by atoms with van der Waals surface area (Å²) in [5.74, 6) is 0.177. The van der Waals surface area contributed by atoms with Gasteiger partial charge in [-0.1, -0.05) is 17.7 Å². The minimum Gasteiger partial charge on any atom is -0.392 e. The number of aliphatic hydroxyl groups excluding tert-OH is 1. The molecule has 2 aliphatic rings. The van der Waals surface area contributed by atoms with Crippen molar-refractivity contribution in [2.75, 3.05) is 19.0 Å². The van der Waals surface area contributed by atoms with Gasteiger partial charge in [-0.3, -0.25) is 4.79 Å². The minimum atomic E-state index is -0.408. The Balaban J connectivity index is 1.46. The number of methoxy groups -OCH3 is 1. The molecule has 184 valence electrons. The zero-order valence-corrected chi connectivity index (χ0v) is 20.3. The number of anilines is 1. The van der Waals surface area contributed by atoms with Gasteiger partial charge in [0, 0.05) is 49.8 Å². The van der Waals surface area contributed by atoms with E-state index < -0.39 is 5.82 Å². The largest absolute Gasteiger partial charge is 0.392 e. The molecule has 1 fully saturated rings. The highest BCUT2D eigenvalue weighted by Crippen LogP contribution is 2.34. The van der Waals surface area contributed by atoms with Crippen LogP contribution in [-0.2, 0) is 24.4 Å². The molecule has 35 heavy (non-hydrogen) atoms. The first-order chi connectivity index (χ1) is 17.0. The Labute approximate surface area is 208 Å². The zero-order valence-electron chi connectivity index (χ0n) is 19.5. The number of benzene rings is 1. The lowest BCUT2D eigenvalue weighted by molar-refractivity contribution is 0.0386. The van der Waals surface area contributed by atoms with E-state index in [4.69, 9.17) is 16.3 Å². The number of carbonyl (C=O) groups excluding carboxylic acids is 1. The van der Waals surface area contributed by atoms with Crippen LogP contribution in [0.25, 0.3) is 11.1 Å². The number of carbonyl (C=O) groups is 1. The molecule has 0 saturated heterocycles. The van der Waals surface area contributed by atoms with Crippen LogP contribution in [0.2, 0.25) is 5.02 Å². The summed E-state index contributed by atoms with van der Waals surface area (Å²) in [4.78, 5) is 19.7. The first-order valence-corrected chi connectivity index (χ1v) is 12.1. The Bertz CT molecular complexity index is 1240. The number of aromatic nitrogens is 2. The molecule has 1 amide bonds. The normalized spacial score (nSPS) is 17.9. The Kier molecular flexibility index (Phi) is 6.77. The molecule has 3 aromatic rings. The predicted octanol–water partition coefficient (Wildman–Crippen LogP) is 4.47. The Hall–Kier alpha value is -2.94. The first kappa shape index (κ1) is 23.8. The number of halogens is 2. The highest BCUT2D eigenvalue weighted by Gasteiger charge is 2.34. The number of pyridine rings is 1. The fourth-order valence-electron chi connectivity index (χ4n) is 4.74. The van der Waals surface area contributed by atoms with Crippen molar-refractivity contribution in [2.24, 2.45) is 0 Å². The van der Waals surface area contributed by atoms with Crippen LogP contribution in [0.1, 0.15) is 40.9 Å². The highest BCUT2D eigenvalue weighted by atomic mass is 35.5. The number of fused-ring (bicyclic) bond motifs is 1. The number of ether oxygens (including phenoxy) is 1. The van der Waals surface area contributed by atoms with Crippen molar-refractivity contribution in [1.29, 1.82) is 0 Å². The molecule has 9 heteroatoms. The van der Waals surface area contributed by atoms with E-state index in [1.807, 2.05) is 22.9 Å². The van der Waals surface area contributed by atoms with Crippen LogP contribution in [0, 0.1) is 5.82 Å². The van der Waals surface area contributed by atoms with Gasteiger partial charge in [-0.15, -0.1) is 0 Å². The van der Waals surface area contributed by atoms with Gasteiger partial charge in [0.15, 0.2) is 0 Å². The predicted molar refractivity (Wildman–Crippen MR) is 132 cm³/mol. The third-order valence-corrected chi connectivity index (χ3v) is 7.19. The Morgan fingerprint density at radius 3 is 2.80 bits per heavy atom. The standard InChI is InChI=1S/C26H28ClFN4O3/c1-35-15-21-13-31-11-18(22-9-25(29-10-23(22)27)30-20-3-2-4-20)8-24(31)26(34)32(21)12-17-7-19(28)6-5-16(17)14-33/h5-11,20-21,33H,2-4,12-15H2,1H3,(H,29,30). The van der Waals surface area contributed by atoms with Crippen LogP contribution >= 0.6 is 11.6 Å². The van der Waals surface area contributed by atoms with Gasteiger partial charge in [0.1, 0.15) is 17.3 Å². The van der Waals surface area contributed by atoms with Crippen LogP contribution < -0.4 is 5.32 Å². The molecular formula is C26H28ClFN4O3. The van der Waals surface area contributed by atoms with Crippen molar-refractivity contribution >= 4 is 23.3 Å². The van der Waals surface area contributed by atoms with Crippen LogP contribution in [-0.4, -0.2) is 51.3 Å². The summed E-state index contributed by atoms with van der Waals surface area (Å²) in [5, 5.41) is 13.7. The van der Waals surface area contributed by atoms with E-state index in [9.17, 15) is 14.3 Å². The van der Waals surface area contributed by atoms with Crippen molar-refractivity contribution in [1.82, 2.24) is 14.5 Å². The summed E-state index contributed by atoms with van der Waals surface area (Å²) in [7, 11) is 1.59. The van der Waals surface area contributed by atoms with Gasteiger partial charge in [0.2, 0.25) is 0 Å². The second kappa shape index (κ2) is 9.97. The molecule has 1 aromatic carbocycles. The molecule has 1 saturated carbocycles. The maximum absolute atomic E-state index is 13.9. The average molecular weight is 499 g/mol. The Morgan fingerprint density at radius 1 is 1.26 bits per heavy atom. The average Bonchev–Trinajstić information content (AvgIpc) is 3.24. The number of nitrogens with one attached hydrogen (secondary N) is 1. The van der Waals surface area contributed by atoms with E-state index in [2.05, 4.69) is 10.3 Å². The van der Waals surface area contributed by atoms with Gasteiger partial charge in [-0.2, -0.15) is 0 Å². The quantitative estimate of drug-likeness (QED) is 0.479. The van der Waals surface area contributed by atoms with Crippen LogP contribution in [0.4, 0.5) is 10.2 Å². The van der Waals surface area contributed by atoms with E-state index in [0.29, 0.717) is 41.0 Å². The minimum absolute atomic E-state index is 0.173. The van der Waals surface area contributed by atoms with E-state index in [-0.39, 0.29) is 25.1 Å². The molecule has 5 rings (SSSR count). The number of rotatable bonds is 8. The Morgan fingerprint density at radius 2 is 2.09 bits per heavy atom. The third-order valence-electron chi connectivity index (χ3n) is 6.89. The molecule has 7 nitrogen and oxygen atoms in total. The van der Waals surface area contributed by atoms with Gasteiger partial charge in [0.05, 0.1) is 24.3 Å². The zero-order chi connectivity index (χ0) is 24.5. The molecule has 1 aliphatic heterocycles. The summed E-state index contributed by atoms with van der Waals surface area (Å²) < 4.78 is 21.3. The summed E-state index contributed by atoms with van der Waals surface area (Å²) in [6.07, 6.45) is 7.06. The van der Waals surface area contributed by atoms with E-state index in [1.54, 1.807) is 24.3 Å². The molecule has 1 unspecified atom stereocenters. The van der Waals surface area contributed by atoms with Crippen molar-refractivity contribution in [3.8, 4) is 11.1 Å². The van der Waals surface area contributed by atoms with E-state index in [1.165, 1.54) is 18.6 Å². The summed E-state index contributed by atoms with van der Waals surface area (Å²) in [5.41, 5.74) is 3.33. The fourth-order valence-corrected chi connectivity index (χ4v) is 4.95. The lowest BCUT2D eigenvalue weighted by atomic mass is 9.93. The van der Waals surface area contributed by atoms with Gasteiger partial charge in [0.25, 0.3) is 5.91 Å². The number of nitrogens with zero attached hydrogens (tertiary/aromatic N) is 3. The molecule has 0 radical (unpaired) electrons. The van der Waals surface area contributed by atoms with Crippen LogP contribution in [0.5, 0.6) is 0 Å².